The van der Waals surface area contributed by atoms with Crippen molar-refractivity contribution < 1.29 is 19.5 Å². The SMILES string of the molecule is CCC(CC)C(=O)Nc1ccc(C(=O)NCC(=O)O)cc1. The highest BCUT2D eigenvalue weighted by molar-refractivity contribution is 5.97. The zero-order chi connectivity index (χ0) is 15.8. The second kappa shape index (κ2) is 8.04. The van der Waals surface area contributed by atoms with Crippen LogP contribution in [0.4, 0.5) is 5.69 Å². The number of carboxylic acids is 1. The van der Waals surface area contributed by atoms with Crippen LogP contribution in [0.25, 0.3) is 0 Å². The summed E-state index contributed by atoms with van der Waals surface area (Å²) in [6.45, 7) is 3.50. The van der Waals surface area contributed by atoms with Crippen LogP contribution in [0.15, 0.2) is 24.3 Å². The van der Waals surface area contributed by atoms with Crippen molar-refractivity contribution >= 4 is 23.5 Å². The fraction of sp³-hybridized carbons (Fsp3) is 0.400. The van der Waals surface area contributed by atoms with Crippen LogP contribution in [0.3, 0.4) is 0 Å². The number of nitrogens with one attached hydrogen (secondary N) is 2. The summed E-state index contributed by atoms with van der Waals surface area (Å²) >= 11 is 0. The average molecular weight is 292 g/mol. The molecule has 0 radical (unpaired) electrons. The molecule has 0 spiro atoms. The van der Waals surface area contributed by atoms with Crippen LogP contribution in [0.1, 0.15) is 37.0 Å². The highest BCUT2D eigenvalue weighted by Gasteiger charge is 2.14. The maximum Gasteiger partial charge on any atom is 0.322 e. The van der Waals surface area contributed by atoms with Gasteiger partial charge in [-0.2, -0.15) is 0 Å². The molecule has 6 heteroatoms. The van der Waals surface area contributed by atoms with Gasteiger partial charge in [-0.1, -0.05) is 13.8 Å². The second-order valence-electron chi connectivity index (χ2n) is 4.66. The first kappa shape index (κ1) is 16.7. The maximum absolute atomic E-state index is 11.9. The van der Waals surface area contributed by atoms with Crippen LogP contribution in [0, 0.1) is 5.92 Å². The van der Waals surface area contributed by atoms with Crippen LogP contribution in [0.2, 0.25) is 0 Å². The number of carbonyl (C=O) groups excluding carboxylic acids is 2. The van der Waals surface area contributed by atoms with Gasteiger partial charge in [0.2, 0.25) is 5.91 Å². The Hall–Kier alpha value is -2.37. The molecule has 1 rings (SSSR count). The first-order valence-electron chi connectivity index (χ1n) is 6.88. The summed E-state index contributed by atoms with van der Waals surface area (Å²) in [5.41, 5.74) is 0.957. The third-order valence-electron chi connectivity index (χ3n) is 3.17. The predicted octanol–water partition coefficient (Wildman–Crippen LogP) is 1.88. The quantitative estimate of drug-likeness (QED) is 0.715. The summed E-state index contributed by atoms with van der Waals surface area (Å²) < 4.78 is 0. The van der Waals surface area contributed by atoms with Gasteiger partial charge in [-0.05, 0) is 37.1 Å². The van der Waals surface area contributed by atoms with Gasteiger partial charge in [0.1, 0.15) is 6.54 Å². The molecule has 2 amide bonds. The molecule has 114 valence electrons. The first-order chi connectivity index (χ1) is 9.97. The minimum Gasteiger partial charge on any atom is -0.480 e. The number of carbonyl (C=O) groups is 3. The van der Waals surface area contributed by atoms with E-state index in [0.29, 0.717) is 11.3 Å². The van der Waals surface area contributed by atoms with Crippen molar-refractivity contribution in [3.05, 3.63) is 29.8 Å². The third-order valence-corrected chi connectivity index (χ3v) is 3.17. The molecule has 0 saturated carbocycles. The number of rotatable bonds is 7. The Morgan fingerprint density at radius 1 is 1.10 bits per heavy atom. The lowest BCUT2D eigenvalue weighted by atomic mass is 10.0. The molecule has 1 aromatic rings. The molecule has 0 aliphatic rings. The lowest BCUT2D eigenvalue weighted by Gasteiger charge is -2.13. The lowest BCUT2D eigenvalue weighted by Crippen LogP contribution is -2.29. The molecule has 0 aliphatic carbocycles. The van der Waals surface area contributed by atoms with Crippen LogP contribution in [0.5, 0.6) is 0 Å². The normalized spacial score (nSPS) is 10.2. The van der Waals surface area contributed by atoms with E-state index in [1.807, 2.05) is 13.8 Å². The van der Waals surface area contributed by atoms with Gasteiger partial charge in [-0.25, -0.2) is 0 Å². The van der Waals surface area contributed by atoms with E-state index in [-0.39, 0.29) is 11.8 Å². The van der Waals surface area contributed by atoms with E-state index >= 15 is 0 Å². The second-order valence-corrected chi connectivity index (χ2v) is 4.66. The van der Waals surface area contributed by atoms with Crippen molar-refractivity contribution in [1.82, 2.24) is 5.32 Å². The van der Waals surface area contributed by atoms with Crippen molar-refractivity contribution in [2.75, 3.05) is 11.9 Å². The summed E-state index contributed by atoms with van der Waals surface area (Å²) in [7, 11) is 0. The van der Waals surface area contributed by atoms with Crippen molar-refractivity contribution in [2.45, 2.75) is 26.7 Å². The minimum atomic E-state index is -1.10. The van der Waals surface area contributed by atoms with E-state index in [1.165, 1.54) is 0 Å². The van der Waals surface area contributed by atoms with Crippen LogP contribution >= 0.6 is 0 Å². The molecule has 0 atom stereocenters. The Morgan fingerprint density at radius 3 is 2.14 bits per heavy atom. The largest absolute Gasteiger partial charge is 0.480 e. The molecule has 0 saturated heterocycles. The highest BCUT2D eigenvalue weighted by atomic mass is 16.4. The number of amides is 2. The number of benzene rings is 1. The molecule has 21 heavy (non-hydrogen) atoms. The molecule has 6 nitrogen and oxygen atoms in total. The van der Waals surface area contributed by atoms with Crippen molar-refractivity contribution in [3.63, 3.8) is 0 Å². The summed E-state index contributed by atoms with van der Waals surface area (Å²) in [4.78, 5) is 33.9. The zero-order valence-corrected chi connectivity index (χ0v) is 12.2. The Kier molecular flexibility index (Phi) is 6.39. The monoisotopic (exact) mass is 292 g/mol. The Morgan fingerprint density at radius 2 is 1.67 bits per heavy atom. The standard InChI is InChI=1S/C15H20N2O4/c1-3-10(4-2)15(21)17-12-7-5-11(6-8-12)14(20)16-9-13(18)19/h5-8,10H,3-4,9H2,1-2H3,(H,16,20)(H,17,21)(H,18,19). The number of aliphatic carboxylic acids is 1. The van der Waals surface area contributed by atoms with Gasteiger partial charge < -0.3 is 15.7 Å². The minimum absolute atomic E-state index is 0.0245. The summed E-state index contributed by atoms with van der Waals surface area (Å²) in [6, 6.07) is 6.32. The molecular weight excluding hydrogens is 272 g/mol. The van der Waals surface area contributed by atoms with E-state index in [9.17, 15) is 14.4 Å². The van der Waals surface area contributed by atoms with Gasteiger partial charge in [0.15, 0.2) is 0 Å². The van der Waals surface area contributed by atoms with Gasteiger partial charge >= 0.3 is 5.97 Å². The zero-order valence-electron chi connectivity index (χ0n) is 12.2. The fourth-order valence-electron chi connectivity index (χ4n) is 1.87. The molecule has 3 N–H and O–H groups in total. The molecule has 0 bridgehead atoms. The van der Waals surface area contributed by atoms with Gasteiger partial charge in [-0.15, -0.1) is 0 Å². The van der Waals surface area contributed by atoms with Crippen molar-refractivity contribution in [2.24, 2.45) is 5.92 Å². The van der Waals surface area contributed by atoms with Crippen molar-refractivity contribution in [1.29, 1.82) is 0 Å². The van der Waals surface area contributed by atoms with E-state index in [4.69, 9.17) is 5.11 Å². The predicted molar refractivity (Wildman–Crippen MR) is 79.1 cm³/mol. The molecule has 0 aromatic heterocycles. The van der Waals surface area contributed by atoms with E-state index in [0.717, 1.165) is 12.8 Å². The maximum atomic E-state index is 11.9. The number of anilines is 1. The van der Waals surface area contributed by atoms with Crippen LogP contribution in [-0.2, 0) is 9.59 Å². The Bertz CT molecular complexity index is 507. The van der Waals surface area contributed by atoms with E-state index in [2.05, 4.69) is 10.6 Å². The Labute approximate surface area is 123 Å². The molecule has 0 unspecified atom stereocenters. The van der Waals surface area contributed by atoms with Crippen LogP contribution < -0.4 is 10.6 Å². The molecular formula is C15H20N2O4. The topological polar surface area (TPSA) is 95.5 Å². The highest BCUT2D eigenvalue weighted by Crippen LogP contribution is 2.14. The summed E-state index contributed by atoms with van der Waals surface area (Å²) in [6.07, 6.45) is 1.55. The smallest absolute Gasteiger partial charge is 0.322 e. The summed E-state index contributed by atoms with van der Waals surface area (Å²) in [5, 5.41) is 13.6. The fourth-order valence-corrected chi connectivity index (χ4v) is 1.87. The molecule has 0 fully saturated rings. The van der Waals surface area contributed by atoms with Gasteiger partial charge in [0.25, 0.3) is 5.91 Å². The van der Waals surface area contributed by atoms with Crippen LogP contribution in [-0.4, -0.2) is 29.4 Å². The number of carboxylic acid groups (broad SMARTS) is 1. The van der Waals surface area contributed by atoms with E-state index in [1.54, 1.807) is 24.3 Å². The number of hydrogen-bond acceptors (Lipinski definition) is 3. The number of hydrogen-bond donors (Lipinski definition) is 3. The summed E-state index contributed by atoms with van der Waals surface area (Å²) in [5.74, 6) is -1.63. The third kappa shape index (κ3) is 5.25. The van der Waals surface area contributed by atoms with Gasteiger partial charge in [0.05, 0.1) is 0 Å². The van der Waals surface area contributed by atoms with E-state index < -0.39 is 18.4 Å². The Balaban J connectivity index is 2.63. The molecule has 1 aromatic carbocycles. The van der Waals surface area contributed by atoms with Crippen molar-refractivity contribution in [3.8, 4) is 0 Å². The lowest BCUT2D eigenvalue weighted by molar-refractivity contribution is -0.135. The van der Waals surface area contributed by atoms with Gasteiger partial charge in [0, 0.05) is 17.2 Å². The average Bonchev–Trinajstić information content (AvgIpc) is 2.46. The molecule has 0 heterocycles. The molecule has 0 aliphatic heterocycles. The first-order valence-corrected chi connectivity index (χ1v) is 6.88. The van der Waals surface area contributed by atoms with Gasteiger partial charge in [-0.3, -0.25) is 14.4 Å².